The van der Waals surface area contributed by atoms with Gasteiger partial charge in [0, 0.05) is 35.2 Å². The van der Waals surface area contributed by atoms with E-state index in [4.69, 9.17) is 15.2 Å². The molecule has 2 aromatic heterocycles. The minimum absolute atomic E-state index is 0.232. The van der Waals surface area contributed by atoms with Crippen molar-refractivity contribution in [1.82, 2.24) is 14.4 Å². The van der Waals surface area contributed by atoms with Crippen molar-refractivity contribution in [2.75, 3.05) is 31.2 Å². The van der Waals surface area contributed by atoms with Gasteiger partial charge in [-0.05, 0) is 49.8 Å². The lowest BCUT2D eigenvalue weighted by molar-refractivity contribution is 0.116. The highest BCUT2D eigenvalue weighted by Crippen LogP contribution is 2.25. The van der Waals surface area contributed by atoms with E-state index in [1.807, 2.05) is 40.9 Å². The summed E-state index contributed by atoms with van der Waals surface area (Å²) < 4.78 is 37.6. The number of nitrogens with zero attached hydrogens (tertiary/aromatic N) is 4. The van der Waals surface area contributed by atoms with Crippen LogP contribution in [0.25, 0.3) is 16.8 Å². The summed E-state index contributed by atoms with van der Waals surface area (Å²) in [5, 5.41) is 0. The number of benzene rings is 1. The van der Waals surface area contributed by atoms with Crippen molar-refractivity contribution in [2.45, 2.75) is 32.6 Å². The zero-order valence-electron chi connectivity index (χ0n) is 18.5. The molecule has 0 saturated carbocycles. The van der Waals surface area contributed by atoms with Gasteiger partial charge in [0.2, 0.25) is 5.78 Å². The van der Waals surface area contributed by atoms with Gasteiger partial charge in [-0.3, -0.25) is 4.40 Å². The Labute approximate surface area is 154 Å². The monoisotopic (exact) mass is 342 g/mol. The Kier molecular flexibility index (Phi) is 3.63. The molecule has 0 bridgehead atoms. The minimum atomic E-state index is -2.26. The molecule has 1 fully saturated rings. The van der Waals surface area contributed by atoms with E-state index >= 15 is 0 Å². The van der Waals surface area contributed by atoms with Crippen LogP contribution >= 0.6 is 0 Å². The largest absolute Gasteiger partial charge is 0.381 e. The van der Waals surface area contributed by atoms with Crippen LogP contribution in [0.2, 0.25) is 0 Å². The van der Waals surface area contributed by atoms with Crippen molar-refractivity contribution in [1.29, 1.82) is 0 Å². The lowest BCUT2D eigenvalue weighted by Crippen LogP contribution is -2.34. The summed E-state index contributed by atoms with van der Waals surface area (Å²) in [6.45, 7) is 0.944. The standard InChI is InChI=1S/C20H26N4O/c1-2-14-25-15-10-16-7-11-23(12-8-16)19-9-13-24-18-6-4-3-5-17(18)21-20(24)22-19/h3-6,9,13,16H,2,7-8,10-12,14-15H2,1H3/i2D2,14D2. The molecule has 4 rings (SSSR count). The molecule has 1 aliphatic heterocycles. The van der Waals surface area contributed by atoms with Crippen LogP contribution in [0.3, 0.4) is 0 Å². The molecule has 5 nitrogen and oxygen atoms in total. The molecular formula is C20H26N4O. The topological polar surface area (TPSA) is 42.7 Å². The molecule has 25 heavy (non-hydrogen) atoms. The van der Waals surface area contributed by atoms with Crippen LogP contribution in [0.5, 0.6) is 0 Å². The van der Waals surface area contributed by atoms with E-state index in [1.54, 1.807) is 0 Å². The van der Waals surface area contributed by atoms with Crippen molar-refractivity contribution in [3.8, 4) is 0 Å². The highest BCUT2D eigenvalue weighted by atomic mass is 16.5. The number of para-hydroxylation sites is 2. The summed E-state index contributed by atoms with van der Waals surface area (Å²) in [6.07, 6.45) is 2.71. The fourth-order valence-electron chi connectivity index (χ4n) is 3.51. The van der Waals surface area contributed by atoms with E-state index in [2.05, 4.69) is 9.88 Å². The van der Waals surface area contributed by atoms with Crippen molar-refractivity contribution in [3.63, 3.8) is 0 Å². The van der Waals surface area contributed by atoms with E-state index in [0.717, 1.165) is 49.2 Å². The maximum atomic E-state index is 7.69. The summed E-state index contributed by atoms with van der Waals surface area (Å²) in [5.74, 6) is 2.08. The first-order valence-corrected chi connectivity index (χ1v) is 8.87. The van der Waals surface area contributed by atoms with E-state index in [-0.39, 0.29) is 6.61 Å². The normalized spacial score (nSPS) is 19.6. The average molecular weight is 342 g/mol. The van der Waals surface area contributed by atoms with Crippen LogP contribution in [0.15, 0.2) is 36.5 Å². The number of ether oxygens (including phenoxy) is 1. The molecule has 5 heteroatoms. The van der Waals surface area contributed by atoms with Crippen molar-refractivity contribution < 1.29 is 10.2 Å². The summed E-state index contributed by atoms with van der Waals surface area (Å²) in [7, 11) is 0. The van der Waals surface area contributed by atoms with E-state index < -0.39 is 12.9 Å². The van der Waals surface area contributed by atoms with Gasteiger partial charge in [-0.25, -0.2) is 4.98 Å². The number of imidazole rings is 1. The number of hydrogen-bond donors (Lipinski definition) is 0. The second-order valence-corrected chi connectivity index (χ2v) is 6.48. The summed E-state index contributed by atoms with van der Waals surface area (Å²) in [5.41, 5.74) is 1.99. The molecular weight excluding hydrogens is 312 g/mol. The lowest BCUT2D eigenvalue weighted by Gasteiger charge is -2.32. The predicted molar refractivity (Wildman–Crippen MR) is 101 cm³/mol. The summed E-state index contributed by atoms with van der Waals surface area (Å²) >= 11 is 0. The maximum absolute atomic E-state index is 7.69. The van der Waals surface area contributed by atoms with Gasteiger partial charge in [0.25, 0.3) is 0 Å². The zero-order chi connectivity index (χ0) is 20.6. The zero-order valence-corrected chi connectivity index (χ0v) is 14.5. The smallest absolute Gasteiger partial charge is 0.236 e. The fraction of sp³-hybridized carbons (Fsp3) is 0.500. The highest BCUT2D eigenvalue weighted by Gasteiger charge is 2.20. The van der Waals surface area contributed by atoms with Crippen LogP contribution < -0.4 is 4.90 Å². The number of anilines is 1. The maximum Gasteiger partial charge on any atom is 0.236 e. The fourth-order valence-corrected chi connectivity index (χ4v) is 3.51. The average Bonchev–Trinajstić information content (AvgIpc) is 3.05. The first-order valence-electron chi connectivity index (χ1n) is 10.9. The third-order valence-electron chi connectivity index (χ3n) is 4.91. The first-order chi connectivity index (χ1) is 13.7. The Morgan fingerprint density at radius 1 is 1.20 bits per heavy atom. The molecule has 0 N–H and O–H groups in total. The van der Waals surface area contributed by atoms with Gasteiger partial charge >= 0.3 is 0 Å². The molecule has 0 unspecified atom stereocenters. The van der Waals surface area contributed by atoms with Crippen LogP contribution in [-0.4, -0.2) is 40.6 Å². The van der Waals surface area contributed by atoms with Gasteiger partial charge in [-0.1, -0.05) is 19.1 Å². The van der Waals surface area contributed by atoms with Gasteiger partial charge < -0.3 is 9.64 Å². The SMILES string of the molecule is [2H]C([2H])(C)C([2H])([2H])OCCC1CCN(c2ccn3c(n2)nc2ccccc23)CC1. The lowest BCUT2D eigenvalue weighted by atomic mass is 9.94. The molecule has 1 aromatic carbocycles. The number of hydrogen-bond acceptors (Lipinski definition) is 4. The quantitative estimate of drug-likeness (QED) is 0.681. The number of piperidine rings is 1. The van der Waals surface area contributed by atoms with Crippen LogP contribution in [0.4, 0.5) is 5.82 Å². The molecule has 0 aliphatic carbocycles. The number of rotatable bonds is 6. The van der Waals surface area contributed by atoms with E-state index in [9.17, 15) is 0 Å². The van der Waals surface area contributed by atoms with Crippen molar-refractivity contribution >= 4 is 22.6 Å². The molecule has 0 spiro atoms. The summed E-state index contributed by atoms with van der Waals surface area (Å²) in [6, 6.07) is 10.0. The predicted octanol–water partition coefficient (Wildman–Crippen LogP) is 3.92. The van der Waals surface area contributed by atoms with Crippen LogP contribution in [0, 0.1) is 5.92 Å². The van der Waals surface area contributed by atoms with Gasteiger partial charge in [-0.15, -0.1) is 0 Å². The van der Waals surface area contributed by atoms with E-state index in [0.29, 0.717) is 11.7 Å². The molecule has 3 heterocycles. The molecule has 3 aromatic rings. The van der Waals surface area contributed by atoms with Gasteiger partial charge in [0.1, 0.15) is 5.82 Å². The Morgan fingerprint density at radius 2 is 2.04 bits per heavy atom. The second-order valence-electron chi connectivity index (χ2n) is 6.48. The minimum Gasteiger partial charge on any atom is -0.381 e. The Balaban J connectivity index is 1.34. The second kappa shape index (κ2) is 7.40. The van der Waals surface area contributed by atoms with Gasteiger partial charge in [-0.2, -0.15) is 4.98 Å². The van der Waals surface area contributed by atoms with Crippen molar-refractivity contribution in [3.05, 3.63) is 36.5 Å². The van der Waals surface area contributed by atoms with E-state index in [1.165, 1.54) is 6.92 Å². The molecule has 1 aliphatic rings. The third-order valence-corrected chi connectivity index (χ3v) is 4.91. The Bertz CT molecular complexity index is 993. The molecule has 0 radical (unpaired) electrons. The van der Waals surface area contributed by atoms with Crippen molar-refractivity contribution in [2.24, 2.45) is 5.92 Å². The Morgan fingerprint density at radius 3 is 2.88 bits per heavy atom. The molecule has 0 atom stereocenters. The summed E-state index contributed by atoms with van der Waals surface area (Å²) in [4.78, 5) is 11.6. The van der Waals surface area contributed by atoms with Gasteiger partial charge in [0.15, 0.2) is 0 Å². The molecule has 0 amide bonds. The van der Waals surface area contributed by atoms with Gasteiger partial charge in [0.05, 0.1) is 13.8 Å². The number of fused-ring (bicyclic) bond motifs is 3. The Hall–Kier alpha value is -2.14. The first kappa shape index (κ1) is 12.3. The van der Waals surface area contributed by atoms with Crippen LogP contribution in [-0.2, 0) is 4.74 Å². The third kappa shape index (κ3) is 3.47. The molecule has 1 saturated heterocycles. The molecule has 132 valence electrons. The number of aromatic nitrogens is 3. The highest BCUT2D eigenvalue weighted by molar-refractivity contribution is 5.79. The van der Waals surface area contributed by atoms with Crippen LogP contribution in [0.1, 0.15) is 38.0 Å².